The van der Waals surface area contributed by atoms with Gasteiger partial charge in [0.1, 0.15) is 12.1 Å². The molecule has 1 heterocycles. The molecule has 3 aliphatic rings. The van der Waals surface area contributed by atoms with Crippen LogP contribution in [0.15, 0.2) is 24.3 Å². The maximum absolute atomic E-state index is 13.1. The Labute approximate surface area is 172 Å². The van der Waals surface area contributed by atoms with Gasteiger partial charge in [0.05, 0.1) is 11.6 Å². The van der Waals surface area contributed by atoms with Crippen molar-refractivity contribution in [3.05, 3.63) is 35.4 Å². The van der Waals surface area contributed by atoms with Gasteiger partial charge in [-0.2, -0.15) is 13.2 Å². The van der Waals surface area contributed by atoms with E-state index in [9.17, 15) is 27.6 Å². The number of carbonyl (C=O) groups excluding carboxylic acids is 3. The Kier molecular flexibility index (Phi) is 4.82. The minimum Gasteiger partial charge on any atom is -0.331 e. The molecule has 162 valence electrons. The number of benzene rings is 1. The fraction of sp³-hybridized carbons (Fsp3) is 0.571. The van der Waals surface area contributed by atoms with E-state index in [1.807, 2.05) is 0 Å². The molecule has 4 amide bonds. The number of amides is 4. The molecule has 0 radical (unpaired) electrons. The molecule has 1 saturated heterocycles. The van der Waals surface area contributed by atoms with Crippen molar-refractivity contribution in [1.29, 1.82) is 0 Å². The summed E-state index contributed by atoms with van der Waals surface area (Å²) in [6, 6.07) is 3.62. The van der Waals surface area contributed by atoms with Gasteiger partial charge < -0.3 is 10.2 Å². The molecule has 2 atom stereocenters. The summed E-state index contributed by atoms with van der Waals surface area (Å²) in [4.78, 5) is 40.7. The number of carbonyl (C=O) groups is 3. The fourth-order valence-electron chi connectivity index (χ4n) is 4.24. The van der Waals surface area contributed by atoms with E-state index in [4.69, 9.17) is 0 Å². The Balaban J connectivity index is 1.53. The second kappa shape index (κ2) is 6.99. The number of rotatable bonds is 6. The lowest BCUT2D eigenvalue weighted by Crippen LogP contribution is -2.48. The molecule has 0 spiro atoms. The zero-order chi connectivity index (χ0) is 21.8. The number of imide groups is 1. The molecule has 1 aromatic rings. The molecule has 0 bridgehead atoms. The molecule has 2 saturated carbocycles. The number of nitrogens with zero attached hydrogens (tertiary/aromatic N) is 2. The molecule has 1 N–H and O–H groups in total. The Morgan fingerprint density at radius 1 is 1.27 bits per heavy atom. The number of hydrogen-bond acceptors (Lipinski definition) is 3. The second-order valence-corrected chi connectivity index (χ2v) is 8.63. The van der Waals surface area contributed by atoms with Crippen LogP contribution in [0.1, 0.15) is 56.7 Å². The van der Waals surface area contributed by atoms with Crippen LogP contribution in [0.2, 0.25) is 0 Å². The minimum absolute atomic E-state index is 0.0811. The third kappa shape index (κ3) is 3.65. The average Bonchev–Trinajstić information content (AvgIpc) is 3.57. The van der Waals surface area contributed by atoms with E-state index in [1.54, 1.807) is 19.9 Å². The highest BCUT2D eigenvalue weighted by molar-refractivity contribution is 6.09. The van der Waals surface area contributed by atoms with Gasteiger partial charge in [-0.1, -0.05) is 12.1 Å². The lowest BCUT2D eigenvalue weighted by Gasteiger charge is -2.31. The first-order valence-corrected chi connectivity index (χ1v) is 10.1. The number of nitrogens with one attached hydrogen (secondary N) is 1. The van der Waals surface area contributed by atoms with Gasteiger partial charge >= 0.3 is 12.2 Å². The van der Waals surface area contributed by atoms with Crippen LogP contribution in [0.3, 0.4) is 0 Å². The van der Waals surface area contributed by atoms with Gasteiger partial charge in [0, 0.05) is 6.04 Å². The fourth-order valence-corrected chi connectivity index (χ4v) is 4.24. The van der Waals surface area contributed by atoms with E-state index >= 15 is 0 Å². The quantitative estimate of drug-likeness (QED) is 0.713. The zero-order valence-electron chi connectivity index (χ0n) is 16.8. The Morgan fingerprint density at radius 3 is 2.50 bits per heavy atom. The summed E-state index contributed by atoms with van der Waals surface area (Å²) in [6.45, 7) is 2.94. The number of hydrogen-bond donors (Lipinski definition) is 1. The smallest absolute Gasteiger partial charge is 0.331 e. The average molecular weight is 423 g/mol. The van der Waals surface area contributed by atoms with E-state index in [2.05, 4.69) is 5.32 Å². The highest BCUT2D eigenvalue weighted by Crippen LogP contribution is 2.43. The van der Waals surface area contributed by atoms with Gasteiger partial charge in [-0.3, -0.25) is 14.5 Å². The summed E-state index contributed by atoms with van der Waals surface area (Å²) < 4.78 is 39.3. The van der Waals surface area contributed by atoms with Crippen LogP contribution in [-0.4, -0.2) is 45.8 Å². The van der Waals surface area contributed by atoms with Gasteiger partial charge in [0.2, 0.25) is 5.91 Å². The zero-order valence-corrected chi connectivity index (χ0v) is 16.8. The molecule has 3 fully saturated rings. The standard InChI is InChI=1S/C21H24F3N3O3/c1-12(13-4-3-5-15(10-13)21(22,23)24)27(16-8-9-16)17(28)11-26-18(29)20(2,14-6-7-14)25-19(26)30/h3-5,10,12,14,16H,6-9,11H2,1-2H3,(H,25,30). The van der Waals surface area contributed by atoms with Gasteiger partial charge in [0.25, 0.3) is 5.91 Å². The molecule has 9 heteroatoms. The molecule has 2 aliphatic carbocycles. The van der Waals surface area contributed by atoms with Gasteiger partial charge in [0.15, 0.2) is 0 Å². The molecule has 1 aromatic carbocycles. The first-order valence-electron chi connectivity index (χ1n) is 10.1. The summed E-state index contributed by atoms with van der Waals surface area (Å²) in [5.41, 5.74) is -1.39. The lowest BCUT2D eigenvalue weighted by molar-refractivity contribution is -0.140. The normalized spacial score (nSPS) is 25.3. The summed E-state index contributed by atoms with van der Waals surface area (Å²) >= 11 is 0. The van der Waals surface area contributed by atoms with Crippen LogP contribution in [0.4, 0.5) is 18.0 Å². The van der Waals surface area contributed by atoms with Crippen molar-refractivity contribution in [2.24, 2.45) is 5.92 Å². The third-order valence-electron chi connectivity index (χ3n) is 6.33. The Bertz CT molecular complexity index is 895. The van der Waals surface area contributed by atoms with Crippen LogP contribution in [-0.2, 0) is 15.8 Å². The first-order chi connectivity index (χ1) is 14.0. The Hall–Kier alpha value is -2.58. The van der Waals surface area contributed by atoms with Crippen LogP contribution >= 0.6 is 0 Å². The van der Waals surface area contributed by atoms with Gasteiger partial charge in [-0.15, -0.1) is 0 Å². The second-order valence-electron chi connectivity index (χ2n) is 8.63. The largest absolute Gasteiger partial charge is 0.416 e. The van der Waals surface area contributed by atoms with E-state index in [0.29, 0.717) is 5.56 Å². The highest BCUT2D eigenvalue weighted by Gasteiger charge is 2.56. The molecule has 30 heavy (non-hydrogen) atoms. The van der Waals surface area contributed by atoms with E-state index < -0.39 is 47.7 Å². The monoisotopic (exact) mass is 423 g/mol. The molecule has 4 rings (SSSR count). The molecule has 2 unspecified atom stereocenters. The predicted octanol–water partition coefficient (Wildman–Crippen LogP) is 3.48. The molecule has 6 nitrogen and oxygen atoms in total. The number of alkyl halides is 3. The summed E-state index contributed by atoms with van der Waals surface area (Å²) in [6.07, 6.45) is -1.28. The maximum Gasteiger partial charge on any atom is 0.416 e. The highest BCUT2D eigenvalue weighted by atomic mass is 19.4. The SMILES string of the molecule is CC(c1cccc(C(F)(F)F)c1)N(C(=O)CN1C(=O)NC(C)(C2CC2)C1=O)C1CC1. The minimum atomic E-state index is -4.47. The molecule has 1 aliphatic heterocycles. The topological polar surface area (TPSA) is 69.7 Å². The van der Waals surface area contributed by atoms with Gasteiger partial charge in [-0.05, 0) is 63.1 Å². The molecule has 0 aromatic heterocycles. The lowest BCUT2D eigenvalue weighted by atomic mass is 9.96. The molecular weight excluding hydrogens is 399 g/mol. The van der Waals surface area contributed by atoms with Crippen molar-refractivity contribution in [2.75, 3.05) is 6.54 Å². The van der Waals surface area contributed by atoms with Crippen LogP contribution in [0.25, 0.3) is 0 Å². The summed E-state index contributed by atoms with van der Waals surface area (Å²) in [7, 11) is 0. The van der Waals surface area contributed by atoms with E-state index in [1.165, 1.54) is 11.0 Å². The van der Waals surface area contributed by atoms with Crippen molar-refractivity contribution >= 4 is 17.8 Å². The number of halogens is 3. The van der Waals surface area contributed by atoms with Crippen LogP contribution < -0.4 is 5.32 Å². The maximum atomic E-state index is 13.1. The van der Waals surface area contributed by atoms with E-state index in [-0.39, 0.29) is 12.0 Å². The third-order valence-corrected chi connectivity index (χ3v) is 6.33. The summed E-state index contributed by atoms with van der Waals surface area (Å²) in [5, 5.41) is 2.71. The summed E-state index contributed by atoms with van der Waals surface area (Å²) in [5.74, 6) is -0.769. The van der Waals surface area contributed by atoms with Crippen molar-refractivity contribution in [2.45, 2.75) is 63.3 Å². The van der Waals surface area contributed by atoms with Crippen molar-refractivity contribution in [3.63, 3.8) is 0 Å². The van der Waals surface area contributed by atoms with Crippen molar-refractivity contribution < 1.29 is 27.6 Å². The van der Waals surface area contributed by atoms with Crippen molar-refractivity contribution in [1.82, 2.24) is 15.1 Å². The van der Waals surface area contributed by atoms with Crippen LogP contribution in [0.5, 0.6) is 0 Å². The number of urea groups is 1. The molecular formula is C21H24F3N3O3. The Morgan fingerprint density at radius 2 is 1.93 bits per heavy atom. The first kappa shape index (κ1) is 20.7. The van der Waals surface area contributed by atoms with Crippen molar-refractivity contribution in [3.8, 4) is 0 Å². The van der Waals surface area contributed by atoms with E-state index in [0.717, 1.165) is 42.7 Å². The van der Waals surface area contributed by atoms with Gasteiger partial charge in [-0.25, -0.2) is 4.79 Å². The predicted molar refractivity (Wildman–Crippen MR) is 101 cm³/mol. The van der Waals surface area contributed by atoms with Crippen LogP contribution in [0, 0.1) is 5.92 Å².